The van der Waals surface area contributed by atoms with Gasteiger partial charge in [0.15, 0.2) is 5.54 Å². The van der Waals surface area contributed by atoms with E-state index in [2.05, 4.69) is 10.6 Å². The largest absolute Gasteiger partial charge is 0.490 e. The highest BCUT2D eigenvalue weighted by atomic mass is 19.4. The van der Waals surface area contributed by atoms with E-state index in [1.807, 2.05) is 24.3 Å². The smallest absolute Gasteiger partial charge is 0.475 e. The molecule has 5 N–H and O–H groups in total. The fraction of sp³-hybridized carbons (Fsp3) is 0.471. The topological polar surface area (TPSA) is 195 Å². The maximum atomic E-state index is 14.0. The number of hydrogen-bond donors (Lipinski definition) is 4. The van der Waals surface area contributed by atoms with E-state index in [9.17, 15) is 37.1 Å². The molecule has 15 heteroatoms. The highest BCUT2D eigenvalue weighted by molar-refractivity contribution is 6.10. The van der Waals surface area contributed by atoms with Crippen LogP contribution in [0.5, 0.6) is 0 Å². The number of hydrogen-bond acceptors (Lipinski definition) is 9. The summed E-state index contributed by atoms with van der Waals surface area (Å²) >= 11 is 0. The number of halogens is 3. The minimum Gasteiger partial charge on any atom is -0.475 e. The van der Waals surface area contributed by atoms with Gasteiger partial charge in [-0.05, 0) is 62.9 Å². The second-order valence-corrected chi connectivity index (χ2v) is 12.4. The Morgan fingerprint density at radius 1 is 1.08 bits per heavy atom. The van der Waals surface area contributed by atoms with Crippen molar-refractivity contribution in [2.45, 2.75) is 81.6 Å². The number of unbranched alkanes of at least 4 members (excludes halogenated alkanes) is 2. The summed E-state index contributed by atoms with van der Waals surface area (Å²) in [6, 6.07) is 14.5. The molecule has 0 saturated carbocycles. The molecule has 3 atom stereocenters. The quantitative estimate of drug-likeness (QED) is 0.0991. The first-order chi connectivity index (χ1) is 23.0. The minimum atomic E-state index is -5.08. The number of anilines is 1. The Labute approximate surface area is 281 Å². The van der Waals surface area contributed by atoms with E-state index >= 15 is 0 Å². The molecule has 1 fully saturated rings. The molecular formula is C34H41F3N4O8. The molecule has 49 heavy (non-hydrogen) atoms. The lowest BCUT2D eigenvalue weighted by Crippen LogP contribution is -2.59. The summed E-state index contributed by atoms with van der Waals surface area (Å²) in [6.45, 7) is 5.50. The number of aryl methyl sites for hydroxylation is 1. The number of benzene rings is 2. The monoisotopic (exact) mass is 690 g/mol. The van der Waals surface area contributed by atoms with Gasteiger partial charge in [-0.2, -0.15) is 13.2 Å². The Kier molecular flexibility index (Phi) is 12.5. The number of esters is 1. The van der Waals surface area contributed by atoms with Crippen LogP contribution in [0.1, 0.15) is 67.9 Å². The average Bonchev–Trinajstić information content (AvgIpc) is 3.76. The van der Waals surface area contributed by atoms with Crippen molar-refractivity contribution >= 4 is 42.0 Å². The van der Waals surface area contributed by atoms with E-state index in [0.29, 0.717) is 35.9 Å². The number of carboxylic acids is 1. The first-order valence-electron chi connectivity index (χ1n) is 15.7. The molecule has 0 aliphatic carbocycles. The van der Waals surface area contributed by atoms with Crippen molar-refractivity contribution in [3.05, 3.63) is 65.2 Å². The Balaban J connectivity index is 0.000000838. The number of ether oxygens (including phenoxy) is 1. The molecular weight excluding hydrogens is 649 g/mol. The number of nitrogens with two attached hydrogens (primary N) is 1. The van der Waals surface area contributed by atoms with E-state index in [1.54, 1.807) is 45.0 Å². The molecule has 2 aromatic carbocycles. The van der Waals surface area contributed by atoms with Crippen LogP contribution >= 0.6 is 0 Å². The molecule has 2 aliphatic rings. The zero-order valence-corrected chi connectivity index (χ0v) is 27.5. The number of nitrogens with zero attached hydrogens (tertiary/aromatic N) is 1. The normalized spacial score (nSPS) is 21.3. The summed E-state index contributed by atoms with van der Waals surface area (Å²) < 4.78 is 37.4. The number of alkyl halides is 3. The fourth-order valence-corrected chi connectivity index (χ4v) is 6.21. The highest BCUT2D eigenvalue weighted by Gasteiger charge is 2.80. The molecule has 1 saturated heterocycles. The van der Waals surface area contributed by atoms with Crippen molar-refractivity contribution in [1.82, 2.24) is 10.6 Å². The van der Waals surface area contributed by atoms with E-state index in [4.69, 9.17) is 20.4 Å². The molecule has 2 unspecified atom stereocenters. The number of carbonyl (C=O) groups is 6. The van der Waals surface area contributed by atoms with Crippen LogP contribution in [0.25, 0.3) is 0 Å². The number of rotatable bonds is 14. The molecule has 0 radical (unpaired) electrons. The molecule has 2 heterocycles. The van der Waals surface area contributed by atoms with Gasteiger partial charge in [-0.1, -0.05) is 49.7 Å². The van der Waals surface area contributed by atoms with E-state index in [0.717, 1.165) is 31.2 Å². The number of aldehydes is 2. The van der Waals surface area contributed by atoms with Crippen LogP contribution < -0.4 is 21.3 Å². The van der Waals surface area contributed by atoms with Crippen LogP contribution in [0.3, 0.4) is 0 Å². The Morgan fingerprint density at radius 2 is 1.73 bits per heavy atom. The maximum absolute atomic E-state index is 14.0. The number of fused-ring (bicyclic) bond motifs is 1. The molecule has 0 bridgehead atoms. The van der Waals surface area contributed by atoms with Crippen molar-refractivity contribution in [2.75, 3.05) is 24.5 Å². The van der Waals surface area contributed by atoms with Gasteiger partial charge in [0.2, 0.25) is 5.91 Å². The van der Waals surface area contributed by atoms with Gasteiger partial charge >= 0.3 is 18.1 Å². The van der Waals surface area contributed by atoms with E-state index in [-0.39, 0.29) is 31.3 Å². The standard InChI is InChI=1S/C32H40N4O6.C2HF3O2/c1-22(2)42-29(41)32(31(21-38,35-32)15-17-37)30(3,24-11-7-4-8-12-24)20-36-26-14-13-23(10-6-5-9-16-33)18-25(26)28(40)34-19-27(36)39;3-2(4,5)1(6)7/h4,7-8,11-14,17-18,21-22,35H,5-6,9-10,15-16,19-20,33H2,1-3H3,(H,34,40);(H,6,7)/t30?,31?,32-;/m1./s1. The second kappa shape index (κ2) is 15.7. The SMILES string of the molecule is CC(C)OC(=O)[C@]1(C(C)(CN2C(=O)CNC(=O)c3cc(CCCCCN)ccc32)c2ccccc2)NC1(C=O)CC=O.O=C(O)C(F)(F)F. The summed E-state index contributed by atoms with van der Waals surface area (Å²) in [5.74, 6) is -4.19. The lowest BCUT2D eigenvalue weighted by molar-refractivity contribution is -0.192. The van der Waals surface area contributed by atoms with Crippen LogP contribution in [0, 0.1) is 0 Å². The molecule has 0 spiro atoms. The van der Waals surface area contributed by atoms with Gasteiger partial charge in [-0.3, -0.25) is 14.9 Å². The van der Waals surface area contributed by atoms with E-state index in [1.165, 1.54) is 4.90 Å². The van der Waals surface area contributed by atoms with Gasteiger partial charge in [0, 0.05) is 18.4 Å². The van der Waals surface area contributed by atoms with Gasteiger partial charge in [-0.15, -0.1) is 0 Å². The average molecular weight is 691 g/mol. The third-order valence-electron chi connectivity index (χ3n) is 8.70. The van der Waals surface area contributed by atoms with Crippen molar-refractivity contribution in [3.8, 4) is 0 Å². The third kappa shape index (κ3) is 8.16. The van der Waals surface area contributed by atoms with Crippen molar-refractivity contribution in [3.63, 3.8) is 0 Å². The summed E-state index contributed by atoms with van der Waals surface area (Å²) in [5.41, 5.74) is 3.52. The van der Waals surface area contributed by atoms with Gasteiger partial charge in [0.1, 0.15) is 18.1 Å². The summed E-state index contributed by atoms with van der Waals surface area (Å²) in [5, 5.41) is 12.9. The molecule has 4 rings (SSSR count). The molecule has 0 aromatic heterocycles. The Morgan fingerprint density at radius 3 is 2.29 bits per heavy atom. The van der Waals surface area contributed by atoms with Crippen LogP contribution in [0.15, 0.2) is 48.5 Å². The van der Waals surface area contributed by atoms with Crippen LogP contribution in [-0.4, -0.2) is 84.4 Å². The van der Waals surface area contributed by atoms with Gasteiger partial charge in [-0.25, -0.2) is 9.59 Å². The lowest BCUT2D eigenvalue weighted by atomic mass is 9.65. The number of amides is 2. The fourth-order valence-electron chi connectivity index (χ4n) is 6.21. The third-order valence-corrected chi connectivity index (χ3v) is 8.70. The molecule has 2 aliphatic heterocycles. The van der Waals surface area contributed by atoms with E-state index < -0.39 is 40.7 Å². The van der Waals surface area contributed by atoms with Crippen LogP contribution in [0.4, 0.5) is 18.9 Å². The lowest BCUT2D eigenvalue weighted by Gasteiger charge is -2.41. The molecule has 2 aromatic rings. The van der Waals surface area contributed by atoms with Crippen molar-refractivity contribution < 1.29 is 51.8 Å². The molecule has 12 nitrogen and oxygen atoms in total. The summed E-state index contributed by atoms with van der Waals surface area (Å²) in [7, 11) is 0. The van der Waals surface area contributed by atoms with Crippen LogP contribution in [0.2, 0.25) is 0 Å². The number of nitrogens with one attached hydrogen (secondary N) is 2. The Hall–Kier alpha value is -4.63. The number of carbonyl (C=O) groups excluding carboxylic acids is 5. The second-order valence-electron chi connectivity index (χ2n) is 12.4. The number of carboxylic acid groups (broad SMARTS) is 1. The molecule has 266 valence electrons. The Bertz CT molecular complexity index is 1550. The van der Waals surface area contributed by atoms with Gasteiger partial charge in [0.25, 0.3) is 5.91 Å². The zero-order valence-electron chi connectivity index (χ0n) is 27.5. The van der Waals surface area contributed by atoms with Crippen molar-refractivity contribution in [1.29, 1.82) is 0 Å². The predicted octanol–water partition coefficient (Wildman–Crippen LogP) is 2.85. The first-order valence-corrected chi connectivity index (χ1v) is 15.7. The van der Waals surface area contributed by atoms with Gasteiger partial charge in [0.05, 0.1) is 23.9 Å². The summed E-state index contributed by atoms with van der Waals surface area (Å²) in [4.78, 5) is 75.5. The zero-order chi connectivity index (χ0) is 36.6. The highest BCUT2D eigenvalue weighted by Crippen LogP contribution is 2.55. The first kappa shape index (κ1) is 38.8. The van der Waals surface area contributed by atoms with Gasteiger partial charge < -0.3 is 35.4 Å². The number of aliphatic carboxylic acids is 1. The maximum Gasteiger partial charge on any atom is 0.490 e. The minimum absolute atomic E-state index is 0.0811. The van der Waals surface area contributed by atoms with Crippen LogP contribution in [-0.2, 0) is 40.5 Å². The summed E-state index contributed by atoms with van der Waals surface area (Å²) in [6.07, 6.45) is -1.08. The predicted molar refractivity (Wildman–Crippen MR) is 172 cm³/mol. The molecule has 2 amide bonds. The van der Waals surface area contributed by atoms with Crippen molar-refractivity contribution in [2.24, 2.45) is 5.73 Å².